The molecule has 1 aliphatic carbocycles. The van der Waals surface area contributed by atoms with Gasteiger partial charge >= 0.3 is 0 Å². The zero-order chi connectivity index (χ0) is 19.0. The molecule has 1 aliphatic rings. The number of thiophene rings is 1. The molecule has 0 radical (unpaired) electrons. The van der Waals surface area contributed by atoms with Gasteiger partial charge in [-0.25, -0.2) is 0 Å². The van der Waals surface area contributed by atoms with Crippen LogP contribution in [0.25, 0.3) is 11.3 Å². The van der Waals surface area contributed by atoms with Crippen molar-refractivity contribution in [2.45, 2.75) is 25.4 Å². The standard InChI is InChI=1S/C20H19ClN2O3S/c1-12-17(18(23-26-12)14-5-2-3-6-15(14)21)19(24)22-11-20(25,13-8-9-13)16-7-4-10-27-16/h2-7,10,13,25H,8-9,11H2,1H3,(H,22,24). The molecule has 5 nitrogen and oxygen atoms in total. The summed E-state index contributed by atoms with van der Waals surface area (Å²) in [6.07, 6.45) is 1.92. The van der Waals surface area contributed by atoms with E-state index in [9.17, 15) is 9.90 Å². The molecule has 1 atom stereocenters. The van der Waals surface area contributed by atoms with Crippen LogP contribution in [0.1, 0.15) is 33.8 Å². The van der Waals surface area contributed by atoms with Crippen molar-refractivity contribution in [1.29, 1.82) is 0 Å². The molecule has 1 fully saturated rings. The molecular weight excluding hydrogens is 384 g/mol. The Labute approximate surface area is 166 Å². The highest BCUT2D eigenvalue weighted by Gasteiger charge is 2.46. The number of carbonyl (C=O) groups is 1. The van der Waals surface area contributed by atoms with Gasteiger partial charge in [-0.1, -0.05) is 41.0 Å². The fourth-order valence-electron chi connectivity index (χ4n) is 3.30. The van der Waals surface area contributed by atoms with Crippen LogP contribution in [0.2, 0.25) is 5.02 Å². The molecule has 2 aromatic heterocycles. The topological polar surface area (TPSA) is 75.4 Å². The molecule has 0 bridgehead atoms. The number of rotatable bonds is 6. The Bertz CT molecular complexity index is 966. The van der Waals surface area contributed by atoms with Gasteiger partial charge < -0.3 is 14.9 Å². The Balaban J connectivity index is 1.59. The van der Waals surface area contributed by atoms with Crippen molar-refractivity contribution in [3.63, 3.8) is 0 Å². The van der Waals surface area contributed by atoms with Crippen LogP contribution in [0.5, 0.6) is 0 Å². The third-order valence-corrected chi connectivity index (χ3v) is 6.30. The molecule has 1 aromatic carbocycles. The summed E-state index contributed by atoms with van der Waals surface area (Å²) in [6.45, 7) is 1.83. The summed E-state index contributed by atoms with van der Waals surface area (Å²) in [7, 11) is 0. The lowest BCUT2D eigenvalue weighted by atomic mass is 9.95. The lowest BCUT2D eigenvalue weighted by molar-refractivity contribution is 0.0169. The SMILES string of the molecule is Cc1onc(-c2ccccc2Cl)c1C(=O)NCC(O)(c1cccs1)C1CC1. The molecular formula is C20H19ClN2O3S. The van der Waals surface area contributed by atoms with E-state index in [2.05, 4.69) is 10.5 Å². The third kappa shape index (κ3) is 3.40. The summed E-state index contributed by atoms with van der Waals surface area (Å²) < 4.78 is 5.26. The molecule has 27 heavy (non-hydrogen) atoms. The summed E-state index contributed by atoms with van der Waals surface area (Å²) in [5.74, 6) is 0.246. The van der Waals surface area contributed by atoms with Crippen LogP contribution >= 0.6 is 22.9 Å². The van der Waals surface area contributed by atoms with Gasteiger partial charge in [-0.2, -0.15) is 0 Å². The number of hydrogen-bond acceptors (Lipinski definition) is 5. The molecule has 1 saturated carbocycles. The van der Waals surface area contributed by atoms with Crippen LogP contribution in [0.4, 0.5) is 0 Å². The highest BCUT2D eigenvalue weighted by atomic mass is 35.5. The van der Waals surface area contributed by atoms with E-state index in [-0.39, 0.29) is 18.4 Å². The fraction of sp³-hybridized carbons (Fsp3) is 0.300. The number of nitrogens with one attached hydrogen (secondary N) is 1. The first kappa shape index (κ1) is 18.2. The first-order chi connectivity index (χ1) is 13.0. The van der Waals surface area contributed by atoms with Crippen LogP contribution in [0.15, 0.2) is 46.3 Å². The minimum atomic E-state index is -1.04. The third-order valence-electron chi connectivity index (χ3n) is 4.94. The predicted octanol–water partition coefficient (Wildman–Crippen LogP) is 4.39. The van der Waals surface area contributed by atoms with E-state index in [0.717, 1.165) is 17.7 Å². The van der Waals surface area contributed by atoms with Gasteiger partial charge in [0.05, 0.1) is 11.6 Å². The molecule has 0 saturated heterocycles. The number of benzene rings is 1. The number of aliphatic hydroxyl groups is 1. The smallest absolute Gasteiger partial charge is 0.257 e. The Morgan fingerprint density at radius 3 is 2.81 bits per heavy atom. The van der Waals surface area contributed by atoms with E-state index in [4.69, 9.17) is 16.1 Å². The number of nitrogens with zero attached hydrogens (tertiary/aromatic N) is 1. The molecule has 0 spiro atoms. The van der Waals surface area contributed by atoms with Gasteiger partial charge in [0.25, 0.3) is 5.91 Å². The maximum absolute atomic E-state index is 12.9. The lowest BCUT2D eigenvalue weighted by Gasteiger charge is -2.27. The largest absolute Gasteiger partial charge is 0.382 e. The summed E-state index contributed by atoms with van der Waals surface area (Å²) >= 11 is 7.76. The van der Waals surface area contributed by atoms with E-state index >= 15 is 0 Å². The molecule has 140 valence electrons. The molecule has 7 heteroatoms. The van der Waals surface area contributed by atoms with Crippen molar-refractivity contribution in [3.8, 4) is 11.3 Å². The van der Waals surface area contributed by atoms with Gasteiger partial charge in [0.15, 0.2) is 0 Å². The number of aromatic nitrogens is 1. The normalized spacial score (nSPS) is 16.1. The summed E-state index contributed by atoms with van der Waals surface area (Å²) in [6, 6.07) is 11.0. The van der Waals surface area contributed by atoms with E-state index in [1.807, 2.05) is 29.6 Å². The van der Waals surface area contributed by atoms with E-state index in [1.54, 1.807) is 19.1 Å². The van der Waals surface area contributed by atoms with E-state index in [1.165, 1.54) is 11.3 Å². The van der Waals surface area contributed by atoms with Gasteiger partial charge in [0, 0.05) is 10.4 Å². The van der Waals surface area contributed by atoms with E-state index in [0.29, 0.717) is 27.6 Å². The number of carbonyl (C=O) groups excluding carboxylic acids is 1. The Morgan fingerprint density at radius 2 is 2.15 bits per heavy atom. The molecule has 2 heterocycles. The molecule has 4 rings (SSSR count). The summed E-state index contributed by atoms with van der Waals surface area (Å²) in [4.78, 5) is 13.8. The maximum Gasteiger partial charge on any atom is 0.257 e. The van der Waals surface area contributed by atoms with Crippen LogP contribution < -0.4 is 5.32 Å². The van der Waals surface area contributed by atoms with Crippen LogP contribution in [-0.4, -0.2) is 22.7 Å². The number of amides is 1. The second-order valence-electron chi connectivity index (χ2n) is 6.80. The van der Waals surface area contributed by atoms with Crippen LogP contribution in [0.3, 0.4) is 0 Å². The number of halogens is 1. The predicted molar refractivity (Wildman–Crippen MR) is 105 cm³/mol. The number of hydrogen-bond donors (Lipinski definition) is 2. The lowest BCUT2D eigenvalue weighted by Crippen LogP contribution is -2.42. The quantitative estimate of drug-likeness (QED) is 0.641. The summed E-state index contributed by atoms with van der Waals surface area (Å²) in [5, 5.41) is 20.5. The fourth-order valence-corrected chi connectivity index (χ4v) is 4.43. The van der Waals surface area contributed by atoms with Gasteiger partial charge in [0.1, 0.15) is 22.6 Å². The Morgan fingerprint density at radius 1 is 1.37 bits per heavy atom. The van der Waals surface area contributed by atoms with Crippen LogP contribution in [0, 0.1) is 12.8 Å². The zero-order valence-corrected chi connectivity index (χ0v) is 16.3. The Hall–Kier alpha value is -2.15. The minimum absolute atomic E-state index is 0.142. The van der Waals surface area contributed by atoms with Crippen molar-refractivity contribution in [3.05, 3.63) is 63.0 Å². The van der Waals surface area contributed by atoms with Crippen molar-refractivity contribution in [2.75, 3.05) is 6.54 Å². The molecule has 2 N–H and O–H groups in total. The van der Waals surface area contributed by atoms with Crippen molar-refractivity contribution < 1.29 is 14.4 Å². The Kier molecular flexibility index (Phi) is 4.80. The van der Waals surface area contributed by atoms with Gasteiger partial charge in [-0.3, -0.25) is 4.79 Å². The highest BCUT2D eigenvalue weighted by molar-refractivity contribution is 7.10. The van der Waals surface area contributed by atoms with E-state index < -0.39 is 5.60 Å². The average Bonchev–Trinajstić information content (AvgIpc) is 3.23. The first-order valence-electron chi connectivity index (χ1n) is 8.76. The summed E-state index contributed by atoms with van der Waals surface area (Å²) in [5.41, 5.74) is 0.338. The van der Waals surface area contributed by atoms with Gasteiger partial charge in [-0.05, 0) is 43.2 Å². The molecule has 3 aromatic rings. The molecule has 1 unspecified atom stereocenters. The van der Waals surface area contributed by atoms with Crippen molar-refractivity contribution >= 4 is 28.8 Å². The average molecular weight is 403 g/mol. The van der Waals surface area contributed by atoms with Crippen molar-refractivity contribution in [1.82, 2.24) is 10.5 Å². The van der Waals surface area contributed by atoms with Gasteiger partial charge in [-0.15, -0.1) is 11.3 Å². The van der Waals surface area contributed by atoms with Crippen LogP contribution in [-0.2, 0) is 5.60 Å². The maximum atomic E-state index is 12.9. The van der Waals surface area contributed by atoms with Crippen molar-refractivity contribution in [2.24, 2.45) is 5.92 Å². The zero-order valence-electron chi connectivity index (χ0n) is 14.7. The monoisotopic (exact) mass is 402 g/mol. The second kappa shape index (κ2) is 7.11. The molecule has 1 amide bonds. The van der Waals surface area contributed by atoms with Gasteiger partial charge in [0.2, 0.25) is 0 Å². The second-order valence-corrected chi connectivity index (χ2v) is 8.16. The number of aryl methyl sites for hydroxylation is 1. The first-order valence-corrected chi connectivity index (χ1v) is 10.0. The highest BCUT2D eigenvalue weighted by Crippen LogP contribution is 2.46. The minimum Gasteiger partial charge on any atom is -0.382 e. The molecule has 0 aliphatic heterocycles.